The highest BCUT2D eigenvalue weighted by atomic mass is 32.2. The zero-order chi connectivity index (χ0) is 16.9. The van der Waals surface area contributed by atoms with Crippen LogP contribution in [-0.4, -0.2) is 24.8 Å². The molecule has 1 unspecified atom stereocenters. The minimum Gasteiger partial charge on any atom is -0.268 e. The molecule has 0 bridgehead atoms. The predicted molar refractivity (Wildman–Crippen MR) is 90.3 cm³/mol. The lowest BCUT2D eigenvalue weighted by Crippen LogP contribution is -2.40. The second kappa shape index (κ2) is 5.25. The van der Waals surface area contributed by atoms with Gasteiger partial charge in [0.1, 0.15) is 5.82 Å². The first kappa shape index (κ1) is 15.0. The molecule has 0 fully saturated rings. The van der Waals surface area contributed by atoms with Gasteiger partial charge >= 0.3 is 10.2 Å². The van der Waals surface area contributed by atoms with Crippen LogP contribution in [0.1, 0.15) is 17.2 Å². The highest BCUT2D eigenvalue weighted by Gasteiger charge is 2.36. The third-order valence-corrected chi connectivity index (χ3v) is 5.69. The molecule has 0 aliphatic carbocycles. The zero-order valence-electron chi connectivity index (χ0n) is 12.8. The standard InChI is InChI=1S/C17H14FN3O2S/c1-21-17(12-4-7-13(18)8-5-12)14-9-6-11-3-2-10-19-15(11)16(14)20-24(21,22)23/h2-10,17,20H,1H3. The Bertz CT molecular complexity index is 1040. The lowest BCUT2D eigenvalue weighted by atomic mass is 9.95. The van der Waals surface area contributed by atoms with Gasteiger partial charge in [-0.2, -0.15) is 12.7 Å². The third-order valence-electron chi connectivity index (χ3n) is 4.26. The van der Waals surface area contributed by atoms with Crippen molar-refractivity contribution < 1.29 is 12.8 Å². The Morgan fingerprint density at radius 1 is 1.12 bits per heavy atom. The van der Waals surface area contributed by atoms with Gasteiger partial charge in [-0.3, -0.25) is 9.71 Å². The van der Waals surface area contributed by atoms with E-state index in [-0.39, 0.29) is 5.82 Å². The van der Waals surface area contributed by atoms with Crippen LogP contribution in [0.2, 0.25) is 0 Å². The van der Waals surface area contributed by atoms with Crippen molar-refractivity contribution in [1.29, 1.82) is 0 Å². The van der Waals surface area contributed by atoms with Crippen molar-refractivity contribution in [2.45, 2.75) is 6.04 Å². The highest BCUT2D eigenvalue weighted by molar-refractivity contribution is 7.90. The number of benzene rings is 2. The normalized spacial score (nSPS) is 19.7. The van der Waals surface area contributed by atoms with E-state index < -0.39 is 16.3 Å². The number of halogens is 1. The van der Waals surface area contributed by atoms with Crippen LogP contribution in [0.5, 0.6) is 0 Å². The molecule has 0 spiro atoms. The molecule has 0 radical (unpaired) electrons. The molecule has 2 aromatic carbocycles. The van der Waals surface area contributed by atoms with Crippen LogP contribution >= 0.6 is 0 Å². The second-order valence-corrected chi connectivity index (χ2v) is 7.41. The lowest BCUT2D eigenvalue weighted by Gasteiger charge is -2.35. The Hall–Kier alpha value is -2.51. The summed E-state index contributed by atoms with van der Waals surface area (Å²) in [4.78, 5) is 4.32. The maximum Gasteiger partial charge on any atom is 0.302 e. The Kier molecular flexibility index (Phi) is 3.29. The Labute approximate surface area is 138 Å². The second-order valence-electron chi connectivity index (χ2n) is 5.68. The summed E-state index contributed by atoms with van der Waals surface area (Å²) >= 11 is 0. The minimum absolute atomic E-state index is 0.362. The van der Waals surface area contributed by atoms with E-state index >= 15 is 0 Å². The van der Waals surface area contributed by atoms with Gasteiger partial charge in [-0.15, -0.1) is 0 Å². The van der Waals surface area contributed by atoms with Gasteiger partial charge in [-0.25, -0.2) is 4.39 Å². The van der Waals surface area contributed by atoms with Crippen LogP contribution in [0, 0.1) is 5.82 Å². The number of pyridine rings is 1. The van der Waals surface area contributed by atoms with Crippen LogP contribution in [0.3, 0.4) is 0 Å². The van der Waals surface area contributed by atoms with E-state index in [0.717, 1.165) is 10.9 Å². The van der Waals surface area contributed by atoms with E-state index in [1.807, 2.05) is 18.2 Å². The van der Waals surface area contributed by atoms with Gasteiger partial charge < -0.3 is 0 Å². The van der Waals surface area contributed by atoms with E-state index in [9.17, 15) is 12.8 Å². The molecule has 1 aliphatic heterocycles. The van der Waals surface area contributed by atoms with Crippen molar-refractivity contribution in [2.24, 2.45) is 0 Å². The number of nitrogens with one attached hydrogen (secondary N) is 1. The quantitative estimate of drug-likeness (QED) is 0.739. The predicted octanol–water partition coefficient (Wildman–Crippen LogP) is 3.07. The first-order chi connectivity index (χ1) is 11.5. The molecule has 2 heterocycles. The van der Waals surface area contributed by atoms with Gasteiger partial charge in [0.25, 0.3) is 0 Å². The average molecular weight is 343 g/mol. The summed E-state index contributed by atoms with van der Waals surface area (Å²) in [7, 11) is -2.22. The fourth-order valence-corrected chi connectivity index (χ4v) is 4.20. The molecular formula is C17H14FN3O2S. The number of nitrogens with zero attached hydrogens (tertiary/aromatic N) is 2. The first-order valence-electron chi connectivity index (χ1n) is 7.36. The molecule has 0 amide bonds. The van der Waals surface area contributed by atoms with Gasteiger partial charge in [-0.05, 0) is 23.8 Å². The van der Waals surface area contributed by atoms with Crippen LogP contribution in [0.25, 0.3) is 10.9 Å². The summed E-state index contributed by atoms with van der Waals surface area (Å²) in [5.74, 6) is -0.362. The van der Waals surface area contributed by atoms with E-state index in [1.54, 1.807) is 24.4 Å². The molecule has 0 saturated carbocycles. The molecular weight excluding hydrogens is 329 g/mol. The smallest absolute Gasteiger partial charge is 0.268 e. The van der Waals surface area contributed by atoms with Crippen molar-refractivity contribution in [1.82, 2.24) is 9.29 Å². The molecule has 5 nitrogen and oxygen atoms in total. The van der Waals surface area contributed by atoms with Gasteiger partial charge in [0.2, 0.25) is 0 Å². The summed E-state index contributed by atoms with van der Waals surface area (Å²) < 4.78 is 42.2. The maximum atomic E-state index is 13.3. The molecule has 122 valence electrons. The molecule has 3 aromatic rings. The number of hydrogen-bond donors (Lipinski definition) is 1. The fourth-order valence-electron chi connectivity index (χ4n) is 3.07. The number of anilines is 1. The summed E-state index contributed by atoms with van der Waals surface area (Å²) in [5.41, 5.74) is 2.55. The monoisotopic (exact) mass is 343 g/mol. The summed E-state index contributed by atoms with van der Waals surface area (Å²) in [6.07, 6.45) is 1.63. The Balaban J connectivity index is 2.01. The van der Waals surface area contributed by atoms with Crippen LogP contribution in [0.15, 0.2) is 54.7 Å². The number of hydrogen-bond acceptors (Lipinski definition) is 3. The van der Waals surface area contributed by atoms with Gasteiger partial charge in [0, 0.05) is 24.2 Å². The van der Waals surface area contributed by atoms with Gasteiger partial charge in [0.05, 0.1) is 17.2 Å². The van der Waals surface area contributed by atoms with E-state index in [0.29, 0.717) is 16.8 Å². The first-order valence-corrected chi connectivity index (χ1v) is 8.80. The van der Waals surface area contributed by atoms with Crippen LogP contribution in [-0.2, 0) is 10.2 Å². The summed E-state index contributed by atoms with van der Waals surface area (Å²) in [5, 5.41) is 0.848. The average Bonchev–Trinajstić information content (AvgIpc) is 2.57. The van der Waals surface area contributed by atoms with Crippen LogP contribution in [0.4, 0.5) is 10.1 Å². The lowest BCUT2D eigenvalue weighted by molar-refractivity contribution is 0.416. The molecule has 1 aliphatic rings. The zero-order valence-corrected chi connectivity index (χ0v) is 13.6. The molecule has 1 aromatic heterocycles. The molecule has 4 rings (SSSR count). The SMILES string of the molecule is CN1C(c2ccc(F)cc2)c2ccc3cccnc3c2NS1(=O)=O. The highest BCUT2D eigenvalue weighted by Crippen LogP contribution is 2.41. The molecule has 24 heavy (non-hydrogen) atoms. The summed E-state index contributed by atoms with van der Waals surface area (Å²) in [6, 6.07) is 12.8. The number of rotatable bonds is 1. The van der Waals surface area contributed by atoms with Crippen molar-refractivity contribution in [3.05, 3.63) is 71.7 Å². The number of fused-ring (bicyclic) bond motifs is 3. The third kappa shape index (κ3) is 2.24. The Morgan fingerprint density at radius 2 is 1.88 bits per heavy atom. The Morgan fingerprint density at radius 3 is 2.62 bits per heavy atom. The van der Waals surface area contributed by atoms with Crippen molar-refractivity contribution >= 4 is 26.8 Å². The summed E-state index contributed by atoms with van der Waals surface area (Å²) in [6.45, 7) is 0. The molecule has 1 N–H and O–H groups in total. The topological polar surface area (TPSA) is 62.3 Å². The maximum absolute atomic E-state index is 13.3. The largest absolute Gasteiger partial charge is 0.302 e. The van der Waals surface area contributed by atoms with Crippen LogP contribution < -0.4 is 4.72 Å². The van der Waals surface area contributed by atoms with Gasteiger partial charge in [0.15, 0.2) is 0 Å². The number of aromatic nitrogens is 1. The van der Waals surface area contributed by atoms with Gasteiger partial charge in [-0.1, -0.05) is 30.3 Å². The van der Waals surface area contributed by atoms with E-state index in [1.165, 1.54) is 23.5 Å². The molecule has 0 saturated heterocycles. The fraction of sp³-hybridized carbons (Fsp3) is 0.118. The minimum atomic E-state index is -3.72. The van der Waals surface area contributed by atoms with Crippen molar-refractivity contribution in [3.63, 3.8) is 0 Å². The van der Waals surface area contributed by atoms with Crippen molar-refractivity contribution in [3.8, 4) is 0 Å². The van der Waals surface area contributed by atoms with E-state index in [4.69, 9.17) is 0 Å². The molecule has 1 atom stereocenters. The molecule has 7 heteroatoms. The van der Waals surface area contributed by atoms with E-state index in [2.05, 4.69) is 9.71 Å². The van der Waals surface area contributed by atoms with Crippen molar-refractivity contribution in [2.75, 3.05) is 11.8 Å².